The number of hydrogen-bond donors (Lipinski definition) is 1. The molecule has 106 valence electrons. The van der Waals surface area contributed by atoms with Crippen molar-refractivity contribution in [2.75, 3.05) is 0 Å². The summed E-state index contributed by atoms with van der Waals surface area (Å²) in [4.78, 5) is 10.9. The summed E-state index contributed by atoms with van der Waals surface area (Å²) in [6.45, 7) is 2.36. The second kappa shape index (κ2) is 6.09. The summed E-state index contributed by atoms with van der Waals surface area (Å²) in [6.07, 6.45) is 0.836. The van der Waals surface area contributed by atoms with Gasteiger partial charge in [-0.2, -0.15) is 5.10 Å². The molecule has 20 heavy (non-hydrogen) atoms. The molecule has 5 nitrogen and oxygen atoms in total. The first kappa shape index (κ1) is 14.6. The average molecular weight is 339 g/mol. The summed E-state index contributed by atoms with van der Waals surface area (Å²) < 4.78 is 8.36. The topological polar surface area (TPSA) is 64.4 Å². The molecule has 0 aliphatic heterocycles. The number of aryl methyl sites for hydroxylation is 2. The second-order valence-electron chi connectivity index (χ2n) is 4.31. The third-order valence-electron chi connectivity index (χ3n) is 2.96. The van der Waals surface area contributed by atoms with Crippen LogP contribution in [0, 0.1) is 0 Å². The third kappa shape index (κ3) is 3.01. The van der Waals surface area contributed by atoms with E-state index in [4.69, 9.17) is 9.84 Å². The van der Waals surface area contributed by atoms with Crippen molar-refractivity contribution < 1.29 is 14.6 Å². The second-order valence-corrected chi connectivity index (χ2v) is 5.10. The highest BCUT2D eigenvalue weighted by Gasteiger charge is 2.13. The molecular formula is C14H15BrN2O3. The number of carboxylic acids is 1. The molecule has 0 radical (unpaired) electrons. The van der Waals surface area contributed by atoms with Gasteiger partial charge in [0.05, 0.1) is 21.4 Å². The first-order chi connectivity index (χ1) is 9.52. The maximum absolute atomic E-state index is 10.9. The number of aromatic nitrogens is 2. The van der Waals surface area contributed by atoms with Crippen LogP contribution in [0.3, 0.4) is 0 Å². The molecule has 6 heteroatoms. The zero-order valence-electron chi connectivity index (χ0n) is 11.3. The van der Waals surface area contributed by atoms with Crippen molar-refractivity contribution in [3.63, 3.8) is 0 Å². The molecule has 0 aliphatic rings. The van der Waals surface area contributed by atoms with E-state index in [1.807, 2.05) is 14.0 Å². The van der Waals surface area contributed by atoms with E-state index >= 15 is 0 Å². The van der Waals surface area contributed by atoms with Crippen LogP contribution in [0.4, 0.5) is 0 Å². The van der Waals surface area contributed by atoms with Gasteiger partial charge < -0.3 is 9.84 Å². The highest BCUT2D eigenvalue weighted by Crippen LogP contribution is 2.23. The number of ether oxygens (including phenoxy) is 1. The normalized spacial score (nSPS) is 10.6. The summed E-state index contributed by atoms with van der Waals surface area (Å²) in [5.74, 6) is -0.443. The molecule has 0 unspecified atom stereocenters. The van der Waals surface area contributed by atoms with E-state index in [-0.39, 0.29) is 5.56 Å². The Hall–Kier alpha value is -1.82. The fourth-order valence-corrected chi connectivity index (χ4v) is 2.58. The molecule has 2 aromatic rings. The molecule has 0 saturated carbocycles. The van der Waals surface area contributed by atoms with Crippen LogP contribution < -0.4 is 4.74 Å². The van der Waals surface area contributed by atoms with Gasteiger partial charge in [0.25, 0.3) is 0 Å². The minimum Gasteiger partial charge on any atom is -0.487 e. The van der Waals surface area contributed by atoms with Crippen LogP contribution in [0.5, 0.6) is 5.75 Å². The molecule has 0 aliphatic carbocycles. The van der Waals surface area contributed by atoms with Gasteiger partial charge in [-0.25, -0.2) is 4.79 Å². The van der Waals surface area contributed by atoms with Crippen molar-refractivity contribution in [1.29, 1.82) is 0 Å². The maximum Gasteiger partial charge on any atom is 0.335 e. The average Bonchev–Trinajstić information content (AvgIpc) is 2.71. The van der Waals surface area contributed by atoms with Crippen molar-refractivity contribution in [3.05, 3.63) is 45.7 Å². The van der Waals surface area contributed by atoms with Gasteiger partial charge in [0.1, 0.15) is 12.4 Å². The predicted molar refractivity (Wildman–Crippen MR) is 78.0 cm³/mol. The van der Waals surface area contributed by atoms with E-state index in [2.05, 4.69) is 21.0 Å². The Balaban J connectivity index is 2.15. The Morgan fingerprint density at radius 3 is 2.85 bits per heavy atom. The number of halogens is 1. The largest absolute Gasteiger partial charge is 0.487 e. The van der Waals surface area contributed by atoms with Crippen LogP contribution in [0.1, 0.15) is 28.7 Å². The quantitative estimate of drug-likeness (QED) is 0.909. The van der Waals surface area contributed by atoms with Gasteiger partial charge in [0, 0.05) is 7.05 Å². The Kier molecular flexibility index (Phi) is 4.44. The van der Waals surface area contributed by atoms with Gasteiger partial charge in [0.2, 0.25) is 0 Å². The van der Waals surface area contributed by atoms with Gasteiger partial charge in [-0.3, -0.25) is 4.68 Å². The molecule has 1 aromatic carbocycles. The van der Waals surface area contributed by atoms with Crippen LogP contribution in [0.25, 0.3) is 0 Å². The molecule has 1 aromatic heterocycles. The number of aromatic carboxylic acids is 1. The van der Waals surface area contributed by atoms with E-state index in [1.54, 1.807) is 16.8 Å². The van der Waals surface area contributed by atoms with E-state index in [1.165, 1.54) is 12.1 Å². The molecule has 1 N–H and O–H groups in total. The molecule has 2 rings (SSSR count). The summed E-state index contributed by atoms with van der Waals surface area (Å²) in [5, 5.41) is 13.3. The van der Waals surface area contributed by atoms with Crippen LogP contribution in [0.2, 0.25) is 0 Å². The number of hydrogen-bond acceptors (Lipinski definition) is 3. The van der Waals surface area contributed by atoms with Crippen molar-refractivity contribution in [2.24, 2.45) is 7.05 Å². The smallest absolute Gasteiger partial charge is 0.335 e. The lowest BCUT2D eigenvalue weighted by Crippen LogP contribution is -2.04. The number of benzene rings is 1. The van der Waals surface area contributed by atoms with Gasteiger partial charge in [0.15, 0.2) is 0 Å². The van der Waals surface area contributed by atoms with Crippen LogP contribution in [-0.2, 0) is 20.1 Å². The lowest BCUT2D eigenvalue weighted by Gasteiger charge is -2.07. The zero-order chi connectivity index (χ0) is 14.7. The molecular weight excluding hydrogens is 324 g/mol. The molecule has 0 atom stereocenters. The monoisotopic (exact) mass is 338 g/mol. The lowest BCUT2D eigenvalue weighted by atomic mass is 10.2. The first-order valence-electron chi connectivity index (χ1n) is 6.19. The van der Waals surface area contributed by atoms with E-state index < -0.39 is 5.97 Å². The SMILES string of the molecule is CCc1nn(C)c(COc2cccc(C(=O)O)c2)c1Br. The lowest BCUT2D eigenvalue weighted by molar-refractivity contribution is 0.0696. The van der Waals surface area contributed by atoms with Gasteiger partial charge in [-0.05, 0) is 40.5 Å². The Bertz CT molecular complexity index is 637. The summed E-state index contributed by atoms with van der Waals surface area (Å²) in [7, 11) is 1.86. The highest BCUT2D eigenvalue weighted by atomic mass is 79.9. The molecule has 1 heterocycles. The van der Waals surface area contributed by atoms with E-state index in [0.717, 1.165) is 22.3 Å². The Morgan fingerprint density at radius 2 is 2.25 bits per heavy atom. The Labute approximate surface area is 125 Å². The van der Waals surface area contributed by atoms with Crippen LogP contribution in [0.15, 0.2) is 28.7 Å². The van der Waals surface area contributed by atoms with Crippen molar-refractivity contribution in [2.45, 2.75) is 20.0 Å². The van der Waals surface area contributed by atoms with Crippen LogP contribution in [-0.4, -0.2) is 20.9 Å². The predicted octanol–water partition coefficient (Wildman–Crippen LogP) is 3.02. The zero-order valence-corrected chi connectivity index (χ0v) is 12.8. The fourth-order valence-electron chi connectivity index (χ4n) is 1.85. The highest BCUT2D eigenvalue weighted by molar-refractivity contribution is 9.10. The maximum atomic E-state index is 10.9. The van der Waals surface area contributed by atoms with Crippen molar-refractivity contribution in [3.8, 4) is 5.75 Å². The molecule has 0 saturated heterocycles. The molecule has 0 amide bonds. The fraction of sp³-hybridized carbons (Fsp3) is 0.286. The number of carboxylic acid groups (broad SMARTS) is 1. The molecule has 0 fully saturated rings. The van der Waals surface area contributed by atoms with Crippen molar-refractivity contribution >= 4 is 21.9 Å². The molecule has 0 bridgehead atoms. The van der Waals surface area contributed by atoms with E-state index in [0.29, 0.717) is 12.4 Å². The van der Waals surface area contributed by atoms with Gasteiger partial charge in [-0.1, -0.05) is 13.0 Å². The van der Waals surface area contributed by atoms with Crippen LogP contribution >= 0.6 is 15.9 Å². The molecule has 0 spiro atoms. The summed E-state index contributed by atoms with van der Waals surface area (Å²) >= 11 is 3.52. The first-order valence-corrected chi connectivity index (χ1v) is 6.98. The minimum absolute atomic E-state index is 0.209. The third-order valence-corrected chi connectivity index (χ3v) is 3.87. The van der Waals surface area contributed by atoms with Crippen molar-refractivity contribution in [1.82, 2.24) is 9.78 Å². The van der Waals surface area contributed by atoms with E-state index in [9.17, 15) is 4.79 Å². The Morgan fingerprint density at radius 1 is 1.50 bits per heavy atom. The summed E-state index contributed by atoms with van der Waals surface area (Å²) in [5.41, 5.74) is 2.11. The number of nitrogens with zero attached hydrogens (tertiary/aromatic N) is 2. The minimum atomic E-state index is -0.967. The van der Waals surface area contributed by atoms with Gasteiger partial charge >= 0.3 is 5.97 Å². The standard InChI is InChI=1S/C14H15BrN2O3/c1-3-11-13(15)12(17(2)16-11)8-20-10-6-4-5-9(7-10)14(18)19/h4-7H,3,8H2,1-2H3,(H,18,19). The number of rotatable bonds is 5. The van der Waals surface area contributed by atoms with Gasteiger partial charge in [-0.15, -0.1) is 0 Å². The number of carbonyl (C=O) groups is 1. The summed E-state index contributed by atoms with van der Waals surface area (Å²) in [6, 6.07) is 6.43.